The van der Waals surface area contributed by atoms with Crippen LogP contribution in [0.5, 0.6) is 0 Å². The van der Waals surface area contributed by atoms with Crippen LogP contribution in [0, 0.1) is 5.41 Å². The molecule has 3 N–H and O–H groups in total. The molecule has 0 bridgehead atoms. The van der Waals surface area contributed by atoms with E-state index in [9.17, 15) is 9.90 Å². The molecule has 4 nitrogen and oxygen atoms in total. The third-order valence-electron chi connectivity index (χ3n) is 2.57. The minimum atomic E-state index is -0.131. The molecule has 0 aromatic heterocycles. The number of rotatable bonds is 6. The molecule has 0 saturated heterocycles. The second-order valence-electron chi connectivity index (χ2n) is 5.87. The predicted molar refractivity (Wildman–Crippen MR) is 71.4 cm³/mol. The van der Waals surface area contributed by atoms with Crippen LogP contribution < -0.4 is 10.6 Å². The summed E-state index contributed by atoms with van der Waals surface area (Å²) in [6.07, 6.45) is 3.15. The molecule has 0 aromatic rings. The molecule has 1 fully saturated rings. The molecule has 102 valence electrons. The minimum absolute atomic E-state index is 0. The Morgan fingerprint density at radius 2 is 2.00 bits per heavy atom. The lowest BCUT2D eigenvalue weighted by molar-refractivity contribution is -0.121. The van der Waals surface area contributed by atoms with Gasteiger partial charge in [-0.25, -0.2) is 0 Å². The number of aliphatic hydroxyl groups is 1. The summed E-state index contributed by atoms with van der Waals surface area (Å²) in [5.41, 5.74) is 0.116. The fourth-order valence-corrected chi connectivity index (χ4v) is 1.70. The molecule has 0 aliphatic heterocycles. The smallest absolute Gasteiger partial charge is 0.234 e. The van der Waals surface area contributed by atoms with E-state index in [2.05, 4.69) is 31.4 Å². The molecule has 0 spiro atoms. The van der Waals surface area contributed by atoms with Gasteiger partial charge in [-0.1, -0.05) is 20.8 Å². The predicted octanol–water partition coefficient (Wildman–Crippen LogP) is 1.07. The maximum Gasteiger partial charge on any atom is 0.234 e. The zero-order valence-corrected chi connectivity index (χ0v) is 11.8. The highest BCUT2D eigenvalue weighted by molar-refractivity contribution is 5.85. The molecule has 1 atom stereocenters. The van der Waals surface area contributed by atoms with Crippen molar-refractivity contribution < 1.29 is 9.90 Å². The molecule has 1 rings (SSSR count). The summed E-state index contributed by atoms with van der Waals surface area (Å²) < 4.78 is 0. The molecule has 0 heterocycles. The number of nitrogens with one attached hydrogen (secondary N) is 2. The molecule has 1 aliphatic rings. The summed E-state index contributed by atoms with van der Waals surface area (Å²) in [4.78, 5) is 11.5. The molecular weight excluding hydrogens is 240 g/mol. The van der Waals surface area contributed by atoms with Gasteiger partial charge in [0.1, 0.15) is 0 Å². The van der Waals surface area contributed by atoms with Crippen LogP contribution in [-0.2, 0) is 4.79 Å². The standard InChI is InChI=1S/C12H24N2O2.ClH/c1-12(2,3)6-10(8-15)14-11(16)7-13-9-4-5-9;/h9-10,13,15H,4-8H2,1-3H3,(H,14,16);1H. The SMILES string of the molecule is CC(C)(C)CC(CO)NC(=O)CNC1CC1.Cl. The molecule has 5 heteroatoms. The van der Waals surface area contributed by atoms with Gasteiger partial charge in [-0.15, -0.1) is 12.4 Å². The van der Waals surface area contributed by atoms with Crippen LogP contribution in [0.3, 0.4) is 0 Å². The van der Waals surface area contributed by atoms with Gasteiger partial charge in [0.05, 0.1) is 19.2 Å². The van der Waals surface area contributed by atoms with E-state index in [1.54, 1.807) is 0 Å². The van der Waals surface area contributed by atoms with E-state index in [1.807, 2.05) is 0 Å². The Morgan fingerprint density at radius 1 is 1.41 bits per heavy atom. The molecule has 0 aromatic carbocycles. The minimum Gasteiger partial charge on any atom is -0.394 e. The topological polar surface area (TPSA) is 61.4 Å². The lowest BCUT2D eigenvalue weighted by atomic mass is 9.88. The van der Waals surface area contributed by atoms with Gasteiger partial charge >= 0.3 is 0 Å². The summed E-state index contributed by atoms with van der Waals surface area (Å²) in [5.74, 6) is -0.0183. The first kappa shape index (κ1) is 16.7. The Balaban J connectivity index is 0.00000256. The number of carbonyl (C=O) groups excluding carboxylic acids is 1. The Labute approximate surface area is 110 Å². The maximum atomic E-state index is 11.5. The third kappa shape index (κ3) is 8.41. The summed E-state index contributed by atoms with van der Waals surface area (Å²) in [5, 5.41) is 15.2. The van der Waals surface area contributed by atoms with Crippen molar-refractivity contribution in [3.8, 4) is 0 Å². The zero-order valence-electron chi connectivity index (χ0n) is 11.0. The van der Waals surface area contributed by atoms with Crippen LogP contribution in [-0.4, -0.2) is 36.2 Å². The van der Waals surface area contributed by atoms with Crippen molar-refractivity contribution in [3.05, 3.63) is 0 Å². The maximum absolute atomic E-state index is 11.5. The fourth-order valence-electron chi connectivity index (χ4n) is 1.70. The number of amides is 1. The average molecular weight is 265 g/mol. The van der Waals surface area contributed by atoms with Crippen molar-refractivity contribution >= 4 is 18.3 Å². The summed E-state index contributed by atoms with van der Waals surface area (Å²) in [6.45, 7) is 6.68. The van der Waals surface area contributed by atoms with E-state index in [0.29, 0.717) is 12.6 Å². The zero-order chi connectivity index (χ0) is 12.2. The summed E-state index contributed by atoms with van der Waals surface area (Å²) >= 11 is 0. The van der Waals surface area contributed by atoms with Crippen molar-refractivity contribution in [3.63, 3.8) is 0 Å². The van der Waals surface area contributed by atoms with Gasteiger partial charge in [-0.2, -0.15) is 0 Å². The molecule has 17 heavy (non-hydrogen) atoms. The van der Waals surface area contributed by atoms with E-state index in [-0.39, 0.29) is 36.4 Å². The van der Waals surface area contributed by atoms with Gasteiger partial charge in [0.15, 0.2) is 0 Å². The average Bonchev–Trinajstić information content (AvgIpc) is 2.95. The molecule has 1 unspecified atom stereocenters. The lowest BCUT2D eigenvalue weighted by Crippen LogP contribution is -2.44. The number of hydrogen-bond acceptors (Lipinski definition) is 3. The van der Waals surface area contributed by atoms with Crippen LogP contribution in [0.1, 0.15) is 40.0 Å². The van der Waals surface area contributed by atoms with Gasteiger partial charge in [0, 0.05) is 6.04 Å². The van der Waals surface area contributed by atoms with Crippen LogP contribution in [0.4, 0.5) is 0 Å². The highest BCUT2D eigenvalue weighted by Crippen LogP contribution is 2.20. The first-order chi connectivity index (χ1) is 7.40. The van der Waals surface area contributed by atoms with Crippen molar-refractivity contribution in [1.29, 1.82) is 0 Å². The van der Waals surface area contributed by atoms with Gasteiger partial charge in [0.2, 0.25) is 5.91 Å². The quantitative estimate of drug-likeness (QED) is 0.673. The van der Waals surface area contributed by atoms with Gasteiger partial charge < -0.3 is 15.7 Å². The number of hydrogen-bond donors (Lipinski definition) is 3. The van der Waals surface area contributed by atoms with E-state index in [1.165, 1.54) is 12.8 Å². The Morgan fingerprint density at radius 3 is 2.41 bits per heavy atom. The van der Waals surface area contributed by atoms with E-state index in [4.69, 9.17) is 0 Å². The monoisotopic (exact) mass is 264 g/mol. The van der Waals surface area contributed by atoms with Crippen LogP contribution in [0.25, 0.3) is 0 Å². The number of halogens is 1. The normalized spacial score (nSPS) is 17.2. The van der Waals surface area contributed by atoms with E-state index in [0.717, 1.165) is 6.42 Å². The molecule has 0 radical (unpaired) electrons. The fraction of sp³-hybridized carbons (Fsp3) is 0.917. The Hall–Kier alpha value is -0.320. The molecule has 1 amide bonds. The van der Waals surface area contributed by atoms with E-state index >= 15 is 0 Å². The Bertz CT molecular complexity index is 237. The van der Waals surface area contributed by atoms with Crippen molar-refractivity contribution in [1.82, 2.24) is 10.6 Å². The van der Waals surface area contributed by atoms with Crippen LogP contribution in [0.15, 0.2) is 0 Å². The number of aliphatic hydroxyl groups excluding tert-OH is 1. The molecular formula is C12H25ClN2O2. The first-order valence-electron chi connectivity index (χ1n) is 6.04. The number of carbonyl (C=O) groups is 1. The van der Waals surface area contributed by atoms with Gasteiger partial charge in [-0.3, -0.25) is 4.79 Å². The van der Waals surface area contributed by atoms with E-state index < -0.39 is 0 Å². The van der Waals surface area contributed by atoms with Crippen molar-refractivity contribution in [2.75, 3.05) is 13.2 Å². The van der Waals surface area contributed by atoms with Crippen molar-refractivity contribution in [2.24, 2.45) is 5.41 Å². The second-order valence-corrected chi connectivity index (χ2v) is 5.87. The largest absolute Gasteiger partial charge is 0.394 e. The van der Waals surface area contributed by atoms with Gasteiger partial charge in [0.25, 0.3) is 0 Å². The molecule has 1 aliphatic carbocycles. The highest BCUT2D eigenvalue weighted by Gasteiger charge is 2.23. The third-order valence-corrected chi connectivity index (χ3v) is 2.57. The second kappa shape index (κ2) is 7.19. The highest BCUT2D eigenvalue weighted by atomic mass is 35.5. The molecule has 1 saturated carbocycles. The Kier molecular flexibility index (Phi) is 7.05. The van der Waals surface area contributed by atoms with Gasteiger partial charge in [-0.05, 0) is 24.7 Å². The van der Waals surface area contributed by atoms with Crippen molar-refractivity contribution in [2.45, 2.75) is 52.1 Å². The summed E-state index contributed by atoms with van der Waals surface area (Å²) in [7, 11) is 0. The van der Waals surface area contributed by atoms with Crippen LogP contribution >= 0.6 is 12.4 Å². The summed E-state index contributed by atoms with van der Waals surface area (Å²) in [6, 6.07) is 0.412. The van der Waals surface area contributed by atoms with Crippen LogP contribution in [0.2, 0.25) is 0 Å². The lowest BCUT2D eigenvalue weighted by Gasteiger charge is -2.25. The first-order valence-corrected chi connectivity index (χ1v) is 6.04.